The van der Waals surface area contributed by atoms with Gasteiger partial charge in [0.1, 0.15) is 18.8 Å². The van der Waals surface area contributed by atoms with Crippen LogP contribution in [0.1, 0.15) is 85.0 Å². The van der Waals surface area contributed by atoms with Gasteiger partial charge in [0.2, 0.25) is 0 Å². The predicted octanol–water partition coefficient (Wildman–Crippen LogP) is -0.526. The van der Waals surface area contributed by atoms with E-state index < -0.39 is 83.2 Å². The van der Waals surface area contributed by atoms with Crippen molar-refractivity contribution >= 4 is 89.4 Å². The second kappa shape index (κ2) is 54.1. The molecule has 0 spiro atoms. The summed E-state index contributed by atoms with van der Waals surface area (Å²) in [4.78, 5) is 158. The zero-order chi connectivity index (χ0) is 65.8. The van der Waals surface area contributed by atoms with E-state index in [9.17, 15) is 52.7 Å². The van der Waals surface area contributed by atoms with E-state index in [0.29, 0.717) is 11.8 Å². The molecular formula is C51H76N8O28Pt2. The van der Waals surface area contributed by atoms with Crippen LogP contribution in [0.4, 0.5) is 9.59 Å². The van der Waals surface area contributed by atoms with Gasteiger partial charge in [0.15, 0.2) is 6.61 Å². The number of hydrogen-bond donors (Lipinski definition) is 9. The summed E-state index contributed by atoms with van der Waals surface area (Å²) in [6.07, 6.45) is 15.3. The number of aliphatic hydroxyl groups is 1. The fourth-order valence-electron chi connectivity index (χ4n) is 6.12. The van der Waals surface area contributed by atoms with Gasteiger partial charge in [-0.05, 0) is 20.8 Å². The van der Waals surface area contributed by atoms with Gasteiger partial charge < -0.3 is 102 Å². The van der Waals surface area contributed by atoms with Gasteiger partial charge in [-0.3, -0.25) is 53.1 Å². The summed E-state index contributed by atoms with van der Waals surface area (Å²) in [5.74, 6) is -10.6. The van der Waals surface area contributed by atoms with E-state index in [1.54, 1.807) is 20.8 Å². The molecule has 38 heteroatoms. The number of nitrogens with zero attached hydrogens (tertiary/aromatic N) is 4. The van der Waals surface area contributed by atoms with E-state index in [-0.39, 0.29) is 149 Å². The second-order valence-corrected chi connectivity index (χ2v) is 18.1. The molecule has 5 rings (SSSR count). The van der Waals surface area contributed by atoms with Crippen molar-refractivity contribution in [1.82, 2.24) is 25.3 Å². The zero-order valence-electron chi connectivity index (χ0n) is 48.4. The van der Waals surface area contributed by atoms with Crippen LogP contribution >= 0.6 is 0 Å². The third kappa shape index (κ3) is 51.7. The number of imide groups is 3. The SMILES string of the molecule is CC(C)(C)OC(=O)COC#N.O.O.O=C(O)C(=O)O.O=C(O)C(=O)O.O=C(O)NCCC(=O)OCCN1C(=O)C=CC1=O.O=C(O)NCCC(=O)OCCN1C(=O)C=CC1=O.O=C1C=CC(=O)N1CCO.[CH2-][C@@H]1CCCC[C@H]1[NH-].[CH2-][C@@H]1CCCC[C@H]1[NH-].[Pt+2].[Pt+2]. The Morgan fingerprint density at radius 1 is 0.551 bits per heavy atom. The molecule has 15 N–H and O–H groups in total. The molecule has 36 nitrogen and oxygen atoms in total. The first-order valence-electron chi connectivity index (χ1n) is 25.3. The molecule has 5 aliphatic rings. The average Bonchev–Trinajstić information content (AvgIpc) is 3.14. The quantitative estimate of drug-likeness (QED) is 0.0234. The van der Waals surface area contributed by atoms with Crippen molar-refractivity contribution in [2.45, 2.75) is 103 Å². The first kappa shape index (κ1) is 94.6. The van der Waals surface area contributed by atoms with Crippen LogP contribution in [0.2, 0.25) is 0 Å². The summed E-state index contributed by atoms with van der Waals surface area (Å²) >= 11 is 0. The third-order valence-electron chi connectivity index (χ3n) is 10.3. The second-order valence-electron chi connectivity index (χ2n) is 18.1. The Labute approximate surface area is 539 Å². The summed E-state index contributed by atoms with van der Waals surface area (Å²) in [7, 11) is 0. The smallest absolute Gasteiger partial charge is 0.677 e. The Balaban J connectivity index is -0.000000177. The molecule has 3 aliphatic heterocycles. The standard InChI is InChI=1S/2C10H12N2O6.C7H11NO3.2C7H13N.C6H7NO3.2C2H2O4.2H2O.2Pt/c2*13-7-1-2-8(14)12(7)5-6-18-9(15)3-4-11-10(16)17;1-7(2,3)11-6(9)4-10-5-8;2*1-6-4-2-3-5-7(6)8;8-4-3-7-5(9)1-2-6(7)10;2*3-1(4)2(5)6;;;;/h2*1-2,11H,3-6H2,(H,16,17);4H2,1-3H3;2*6-8H,1-5H2;1-2,8H,3-4H2;2*(H,3,4)(H,5,6);2*1H2;;/q;;;2*-2;;;;;;2*+2/t;;;2*6-,7-;;;;;;;/m...11......./s1. The molecule has 4 atom stereocenters. The minimum Gasteiger partial charge on any atom is -0.677 e. The Bertz CT molecular complexity index is 2210. The number of carboxylic acids is 4. The van der Waals surface area contributed by atoms with Crippen molar-refractivity contribution in [3.8, 4) is 6.26 Å². The molecule has 2 fully saturated rings. The van der Waals surface area contributed by atoms with Crippen molar-refractivity contribution < 1.29 is 180 Å². The number of carboxylic acid groups (broad SMARTS) is 6. The van der Waals surface area contributed by atoms with Gasteiger partial charge >= 0.3 is 96.1 Å². The Morgan fingerprint density at radius 2 is 0.831 bits per heavy atom. The predicted molar refractivity (Wildman–Crippen MR) is 294 cm³/mol. The molecule has 8 amide bonds. The molecule has 0 unspecified atom stereocenters. The number of nitrogens with one attached hydrogen (secondary N) is 4. The number of hydrogen-bond acceptors (Lipinski definition) is 21. The number of carbonyl (C=O) groups is 15. The van der Waals surface area contributed by atoms with Gasteiger partial charge in [0.25, 0.3) is 41.7 Å². The van der Waals surface area contributed by atoms with Crippen molar-refractivity contribution in [1.29, 1.82) is 5.26 Å². The van der Waals surface area contributed by atoms with Gasteiger partial charge in [-0.1, -0.05) is 51.4 Å². The topological polar surface area (TPSA) is 603 Å². The first-order valence-corrected chi connectivity index (χ1v) is 25.3. The van der Waals surface area contributed by atoms with E-state index in [1.807, 2.05) is 10.6 Å². The Morgan fingerprint density at radius 3 is 1.04 bits per heavy atom. The van der Waals surface area contributed by atoms with Crippen LogP contribution in [0, 0.1) is 37.2 Å². The summed E-state index contributed by atoms with van der Waals surface area (Å²) in [5.41, 5.74) is 14.3. The fourth-order valence-corrected chi connectivity index (χ4v) is 6.12. The molecule has 0 saturated heterocycles. The van der Waals surface area contributed by atoms with Crippen LogP contribution in [-0.4, -0.2) is 228 Å². The van der Waals surface area contributed by atoms with Crippen LogP contribution in [0.15, 0.2) is 36.5 Å². The molecular weight excluding hydrogens is 1560 g/mol. The van der Waals surface area contributed by atoms with Gasteiger partial charge in [-0.25, -0.2) is 33.6 Å². The van der Waals surface area contributed by atoms with Crippen LogP contribution in [-0.2, 0) is 123 Å². The minimum atomic E-state index is -1.82. The van der Waals surface area contributed by atoms with Crippen LogP contribution in [0.5, 0.6) is 0 Å². The van der Waals surface area contributed by atoms with Gasteiger partial charge in [-0.2, -0.15) is 29.2 Å². The molecule has 0 bridgehead atoms. The van der Waals surface area contributed by atoms with Crippen molar-refractivity contribution in [2.24, 2.45) is 11.8 Å². The number of esters is 3. The Kier molecular flexibility index (Phi) is 57.5. The summed E-state index contributed by atoms with van der Waals surface area (Å²) < 4.78 is 18.5. The molecule has 3 heterocycles. The van der Waals surface area contributed by atoms with Crippen molar-refractivity contribution in [3.63, 3.8) is 0 Å². The summed E-state index contributed by atoms with van der Waals surface area (Å²) in [6, 6.07) is 0.285. The number of β-amino-alcohol motifs (C(OH)–C–C–N with tert-alkyl or cyclic N) is 1. The summed E-state index contributed by atoms with van der Waals surface area (Å²) in [6.45, 7) is 12.3. The molecule has 0 radical (unpaired) electrons. The maximum Gasteiger partial charge on any atom is 2.00 e. The Hall–Kier alpha value is -8.06. The average molecular weight is 1640 g/mol. The monoisotopic (exact) mass is 1640 g/mol. The van der Waals surface area contributed by atoms with Gasteiger partial charge in [-0.15, -0.1) is 0 Å². The van der Waals surface area contributed by atoms with Gasteiger partial charge in [0.05, 0.1) is 39.1 Å². The molecule has 508 valence electrons. The van der Waals surface area contributed by atoms with Gasteiger partial charge in [0, 0.05) is 49.5 Å². The van der Waals surface area contributed by atoms with E-state index >= 15 is 0 Å². The molecule has 0 aromatic carbocycles. The first-order chi connectivity index (χ1) is 39.6. The van der Waals surface area contributed by atoms with E-state index in [0.717, 1.165) is 51.8 Å². The number of nitriles is 1. The number of carbonyl (C=O) groups excluding carboxylic acids is 9. The maximum atomic E-state index is 11.1. The molecule has 2 saturated carbocycles. The van der Waals surface area contributed by atoms with Crippen LogP contribution < -0.4 is 10.6 Å². The minimum absolute atomic E-state index is 0. The zero-order valence-corrected chi connectivity index (χ0v) is 53.0. The van der Waals surface area contributed by atoms with Crippen LogP contribution in [0.3, 0.4) is 0 Å². The molecule has 2 aliphatic carbocycles. The molecule has 0 aromatic heterocycles. The molecule has 89 heavy (non-hydrogen) atoms. The van der Waals surface area contributed by atoms with Crippen LogP contribution in [0.25, 0.3) is 11.5 Å². The third-order valence-corrected chi connectivity index (χ3v) is 10.3. The molecule has 0 aromatic rings. The fraction of sp³-hybridized carbons (Fsp3) is 0.529. The summed E-state index contributed by atoms with van der Waals surface area (Å²) in [5, 5.41) is 66.4. The van der Waals surface area contributed by atoms with E-state index in [2.05, 4.69) is 18.6 Å². The maximum absolute atomic E-state index is 11.1. The largest absolute Gasteiger partial charge is 2.00 e. The van der Waals surface area contributed by atoms with Crippen molar-refractivity contribution in [2.75, 3.05) is 59.2 Å². The van der Waals surface area contributed by atoms with Crippen molar-refractivity contribution in [3.05, 3.63) is 61.8 Å². The van der Waals surface area contributed by atoms with E-state index in [1.165, 1.54) is 56.9 Å². The number of rotatable bonds is 16. The number of aliphatic carboxylic acids is 4. The number of aliphatic hydroxyl groups excluding tert-OH is 1. The number of amides is 8. The number of ether oxygens (including phenoxy) is 4. The normalized spacial score (nSPS) is 16.9. The van der Waals surface area contributed by atoms with E-state index in [4.69, 9.17) is 85.9 Å².